The Hall–Kier alpha value is -1.55. The van der Waals surface area contributed by atoms with Gasteiger partial charge >= 0.3 is 0 Å². The smallest absolute Gasteiger partial charge is 0.170 e. The standard InChI is InChI=1S/C14H11BrO3/c15-12-5-9-2-4-18-14(9)11(6-12)7-13(16)10-1-3-17-8-10/h1,3,5-6,8H,2,4,7H2. The van der Waals surface area contributed by atoms with Crippen LogP contribution < -0.4 is 4.74 Å². The van der Waals surface area contributed by atoms with Crippen LogP contribution in [0, 0.1) is 0 Å². The van der Waals surface area contributed by atoms with E-state index in [0.29, 0.717) is 18.6 Å². The molecular formula is C14H11BrO3. The first-order chi connectivity index (χ1) is 8.74. The molecule has 0 spiro atoms. The summed E-state index contributed by atoms with van der Waals surface area (Å²) in [6, 6.07) is 5.68. The van der Waals surface area contributed by atoms with Gasteiger partial charge in [0.15, 0.2) is 5.78 Å². The molecule has 0 bridgehead atoms. The van der Waals surface area contributed by atoms with Gasteiger partial charge in [0.25, 0.3) is 0 Å². The fourth-order valence-electron chi connectivity index (χ4n) is 2.18. The Morgan fingerprint density at radius 3 is 3.06 bits per heavy atom. The summed E-state index contributed by atoms with van der Waals surface area (Å²) >= 11 is 3.47. The lowest BCUT2D eigenvalue weighted by molar-refractivity contribution is 0.0991. The number of hydrogen-bond acceptors (Lipinski definition) is 3. The Balaban J connectivity index is 1.91. The minimum Gasteiger partial charge on any atom is -0.493 e. The van der Waals surface area contributed by atoms with E-state index in [1.807, 2.05) is 12.1 Å². The highest BCUT2D eigenvalue weighted by molar-refractivity contribution is 9.10. The average Bonchev–Trinajstić information content (AvgIpc) is 2.98. The maximum absolute atomic E-state index is 12.1. The van der Waals surface area contributed by atoms with E-state index in [-0.39, 0.29) is 5.78 Å². The molecular weight excluding hydrogens is 296 g/mol. The molecule has 2 aromatic rings. The molecule has 0 saturated heterocycles. The van der Waals surface area contributed by atoms with Crippen LogP contribution in [0.2, 0.25) is 0 Å². The van der Waals surface area contributed by atoms with Crippen LogP contribution in [0.1, 0.15) is 21.5 Å². The van der Waals surface area contributed by atoms with E-state index in [4.69, 9.17) is 9.15 Å². The van der Waals surface area contributed by atoms with Crippen molar-refractivity contribution < 1.29 is 13.9 Å². The number of carbonyl (C=O) groups is 1. The number of benzene rings is 1. The van der Waals surface area contributed by atoms with Crippen LogP contribution in [0.5, 0.6) is 5.75 Å². The fourth-order valence-corrected chi connectivity index (χ4v) is 2.73. The Morgan fingerprint density at radius 2 is 2.28 bits per heavy atom. The summed E-state index contributed by atoms with van der Waals surface area (Å²) in [5.41, 5.74) is 2.70. The molecule has 1 aliphatic rings. The predicted molar refractivity (Wildman–Crippen MR) is 70.1 cm³/mol. The van der Waals surface area contributed by atoms with Crippen molar-refractivity contribution in [1.82, 2.24) is 0 Å². The third-order valence-electron chi connectivity index (χ3n) is 3.02. The van der Waals surface area contributed by atoms with Crippen LogP contribution in [-0.4, -0.2) is 12.4 Å². The lowest BCUT2D eigenvalue weighted by atomic mass is 10.0. The molecule has 0 amide bonds. The second-order valence-electron chi connectivity index (χ2n) is 4.26. The summed E-state index contributed by atoms with van der Waals surface area (Å²) in [6.07, 6.45) is 4.22. The highest BCUT2D eigenvalue weighted by atomic mass is 79.9. The van der Waals surface area contributed by atoms with Crippen LogP contribution in [0.15, 0.2) is 39.6 Å². The molecule has 18 heavy (non-hydrogen) atoms. The number of halogens is 1. The van der Waals surface area contributed by atoms with Gasteiger partial charge in [-0.15, -0.1) is 0 Å². The maximum Gasteiger partial charge on any atom is 0.170 e. The van der Waals surface area contributed by atoms with Crippen molar-refractivity contribution in [3.8, 4) is 5.75 Å². The van der Waals surface area contributed by atoms with Gasteiger partial charge in [-0.25, -0.2) is 0 Å². The van der Waals surface area contributed by atoms with Gasteiger partial charge in [0.2, 0.25) is 0 Å². The lowest BCUT2D eigenvalue weighted by Gasteiger charge is -2.07. The van der Waals surface area contributed by atoms with Crippen molar-refractivity contribution in [2.75, 3.05) is 6.61 Å². The molecule has 4 heteroatoms. The Kier molecular flexibility index (Phi) is 2.96. The number of fused-ring (bicyclic) bond motifs is 1. The van der Waals surface area contributed by atoms with E-state index in [0.717, 1.165) is 22.2 Å². The monoisotopic (exact) mass is 306 g/mol. The first-order valence-electron chi connectivity index (χ1n) is 5.73. The van der Waals surface area contributed by atoms with Gasteiger partial charge in [-0.1, -0.05) is 15.9 Å². The molecule has 0 atom stereocenters. The Labute approximate surface area is 113 Å². The number of carbonyl (C=O) groups excluding carboxylic acids is 1. The quantitative estimate of drug-likeness (QED) is 0.816. The van der Waals surface area contributed by atoms with Crippen LogP contribution in [0.3, 0.4) is 0 Å². The van der Waals surface area contributed by atoms with E-state index in [1.54, 1.807) is 6.07 Å². The second kappa shape index (κ2) is 4.61. The molecule has 1 aliphatic heterocycles. The molecule has 1 aromatic heterocycles. The van der Waals surface area contributed by atoms with Crippen molar-refractivity contribution in [3.63, 3.8) is 0 Å². The minimum atomic E-state index is 0.0413. The normalized spacial score (nSPS) is 13.2. The van der Waals surface area contributed by atoms with Gasteiger partial charge in [0.05, 0.1) is 18.4 Å². The van der Waals surface area contributed by atoms with Crippen molar-refractivity contribution in [3.05, 3.63) is 51.9 Å². The Bertz CT molecular complexity index is 587. The topological polar surface area (TPSA) is 39.4 Å². The van der Waals surface area contributed by atoms with Gasteiger partial charge in [0, 0.05) is 22.9 Å². The van der Waals surface area contributed by atoms with Crippen molar-refractivity contribution in [2.45, 2.75) is 12.8 Å². The van der Waals surface area contributed by atoms with Crippen LogP contribution in [0.4, 0.5) is 0 Å². The molecule has 0 unspecified atom stereocenters. The summed E-state index contributed by atoms with van der Waals surface area (Å²) < 4.78 is 11.5. The molecule has 0 N–H and O–H groups in total. The van der Waals surface area contributed by atoms with E-state index in [2.05, 4.69) is 15.9 Å². The first-order valence-corrected chi connectivity index (χ1v) is 6.53. The van der Waals surface area contributed by atoms with Crippen molar-refractivity contribution >= 4 is 21.7 Å². The first kappa shape index (κ1) is 11.5. The third kappa shape index (κ3) is 2.08. The largest absolute Gasteiger partial charge is 0.493 e. The predicted octanol–water partition coefficient (Wildman–Crippen LogP) is 3.40. The van der Waals surface area contributed by atoms with E-state index >= 15 is 0 Å². The van der Waals surface area contributed by atoms with E-state index < -0.39 is 0 Å². The van der Waals surface area contributed by atoms with E-state index in [9.17, 15) is 4.79 Å². The summed E-state index contributed by atoms with van der Waals surface area (Å²) in [5, 5.41) is 0. The van der Waals surface area contributed by atoms with Crippen molar-refractivity contribution in [1.29, 1.82) is 0 Å². The van der Waals surface area contributed by atoms with Gasteiger partial charge < -0.3 is 9.15 Å². The zero-order valence-electron chi connectivity index (χ0n) is 9.61. The van der Waals surface area contributed by atoms with E-state index in [1.165, 1.54) is 18.1 Å². The highest BCUT2D eigenvalue weighted by Gasteiger charge is 2.20. The molecule has 0 aliphatic carbocycles. The average molecular weight is 307 g/mol. The van der Waals surface area contributed by atoms with Crippen LogP contribution >= 0.6 is 15.9 Å². The number of rotatable bonds is 3. The number of hydrogen-bond donors (Lipinski definition) is 0. The number of Topliss-reactive ketones (excluding diaryl/α,β-unsaturated/α-hetero) is 1. The van der Waals surface area contributed by atoms with Gasteiger partial charge in [-0.2, -0.15) is 0 Å². The van der Waals surface area contributed by atoms with Crippen LogP contribution in [-0.2, 0) is 12.8 Å². The molecule has 1 aromatic carbocycles. The lowest BCUT2D eigenvalue weighted by Crippen LogP contribution is -2.03. The number of furan rings is 1. The molecule has 3 nitrogen and oxygen atoms in total. The third-order valence-corrected chi connectivity index (χ3v) is 3.48. The zero-order chi connectivity index (χ0) is 12.5. The molecule has 0 saturated carbocycles. The summed E-state index contributed by atoms with van der Waals surface area (Å²) in [4.78, 5) is 12.1. The SMILES string of the molecule is O=C(Cc1cc(Br)cc2c1OCC2)c1ccoc1. The van der Waals surface area contributed by atoms with Gasteiger partial charge in [-0.3, -0.25) is 4.79 Å². The summed E-state index contributed by atoms with van der Waals surface area (Å²) in [6.45, 7) is 0.693. The minimum absolute atomic E-state index is 0.0413. The molecule has 0 fully saturated rings. The summed E-state index contributed by atoms with van der Waals surface area (Å²) in [5.74, 6) is 0.912. The highest BCUT2D eigenvalue weighted by Crippen LogP contribution is 2.33. The van der Waals surface area contributed by atoms with Gasteiger partial charge in [0.1, 0.15) is 12.0 Å². The van der Waals surface area contributed by atoms with Crippen molar-refractivity contribution in [2.24, 2.45) is 0 Å². The zero-order valence-corrected chi connectivity index (χ0v) is 11.2. The second-order valence-corrected chi connectivity index (χ2v) is 5.18. The number of ketones is 1. The van der Waals surface area contributed by atoms with Crippen LogP contribution in [0.25, 0.3) is 0 Å². The fraction of sp³-hybridized carbons (Fsp3) is 0.214. The maximum atomic E-state index is 12.1. The molecule has 3 rings (SSSR count). The van der Waals surface area contributed by atoms with Gasteiger partial charge in [-0.05, 0) is 23.8 Å². The Morgan fingerprint density at radius 1 is 1.39 bits per heavy atom. The molecule has 0 radical (unpaired) electrons. The summed E-state index contributed by atoms with van der Waals surface area (Å²) in [7, 11) is 0. The molecule has 2 heterocycles. The molecule has 92 valence electrons. The number of ether oxygens (including phenoxy) is 1.